The molecule has 2 aromatic rings. The van der Waals surface area contributed by atoms with Gasteiger partial charge in [0.05, 0.1) is 5.69 Å². The number of carbonyl (C=O) groups excluding carboxylic acids is 1. The first kappa shape index (κ1) is 17.4. The number of nitrogens with zero attached hydrogens (tertiary/aromatic N) is 1. The van der Waals surface area contributed by atoms with Gasteiger partial charge in [0.25, 0.3) is 5.91 Å². The van der Waals surface area contributed by atoms with Crippen LogP contribution in [0.15, 0.2) is 24.3 Å². The molecule has 0 unspecified atom stereocenters. The van der Waals surface area contributed by atoms with Crippen molar-refractivity contribution in [1.29, 1.82) is 0 Å². The van der Waals surface area contributed by atoms with Gasteiger partial charge in [-0.3, -0.25) is 9.59 Å². The molecule has 1 amide bonds. The smallest absolute Gasteiger partial charge is 0.303 e. The molecule has 2 rings (SSSR count). The molecule has 0 aliphatic rings. The van der Waals surface area contributed by atoms with Crippen LogP contribution in [0.5, 0.6) is 0 Å². The van der Waals surface area contributed by atoms with Crippen LogP contribution in [0.2, 0.25) is 5.02 Å². The molecule has 0 fully saturated rings. The number of halogens is 1. The number of aliphatic carboxylic acids is 1. The van der Waals surface area contributed by atoms with E-state index in [-0.39, 0.29) is 12.3 Å². The molecule has 0 aliphatic heterocycles. The Morgan fingerprint density at radius 2 is 1.96 bits per heavy atom. The molecule has 0 aliphatic carbocycles. The van der Waals surface area contributed by atoms with Crippen molar-refractivity contribution < 1.29 is 14.7 Å². The minimum absolute atomic E-state index is 0.121. The van der Waals surface area contributed by atoms with Crippen LogP contribution in [-0.4, -0.2) is 28.5 Å². The lowest BCUT2D eigenvalue weighted by Crippen LogP contribution is -2.24. The highest BCUT2D eigenvalue weighted by molar-refractivity contribution is 7.17. The Kier molecular flexibility index (Phi) is 6.12. The summed E-state index contributed by atoms with van der Waals surface area (Å²) < 4.78 is 0. The van der Waals surface area contributed by atoms with Gasteiger partial charge in [0.15, 0.2) is 0 Å². The van der Waals surface area contributed by atoms with Gasteiger partial charge in [-0.1, -0.05) is 23.7 Å². The highest BCUT2D eigenvalue weighted by Gasteiger charge is 2.15. The fourth-order valence-corrected chi connectivity index (χ4v) is 3.12. The third-order valence-corrected chi connectivity index (χ3v) is 4.65. The number of aromatic nitrogens is 1. The lowest BCUT2D eigenvalue weighted by molar-refractivity contribution is -0.137. The van der Waals surface area contributed by atoms with Gasteiger partial charge >= 0.3 is 5.97 Å². The number of carboxylic acid groups (broad SMARTS) is 1. The molecular weight excluding hydrogens is 336 g/mol. The standard InChI is InChI=1S/C16H17ClN2O3S/c1-10-14(15(22)18-9-3-2-4-13(20)21)23-16(19-10)11-5-7-12(17)8-6-11/h5-8H,2-4,9H2,1H3,(H,18,22)(H,20,21). The third-order valence-electron chi connectivity index (χ3n) is 3.20. The van der Waals surface area contributed by atoms with E-state index in [2.05, 4.69) is 10.3 Å². The molecule has 5 nitrogen and oxygen atoms in total. The number of hydrogen-bond acceptors (Lipinski definition) is 4. The van der Waals surface area contributed by atoms with Gasteiger partial charge in [0.1, 0.15) is 9.88 Å². The van der Waals surface area contributed by atoms with Gasteiger partial charge in [-0.05, 0) is 31.9 Å². The maximum Gasteiger partial charge on any atom is 0.303 e. The molecule has 0 saturated heterocycles. The van der Waals surface area contributed by atoms with Crippen molar-refractivity contribution in [1.82, 2.24) is 10.3 Å². The van der Waals surface area contributed by atoms with Crippen LogP contribution in [0.1, 0.15) is 34.6 Å². The quantitative estimate of drug-likeness (QED) is 0.743. The molecule has 122 valence electrons. The predicted molar refractivity (Wildman–Crippen MR) is 91.1 cm³/mol. The number of unbranched alkanes of at least 4 members (excludes halogenated alkanes) is 1. The van der Waals surface area contributed by atoms with Crippen LogP contribution in [-0.2, 0) is 4.79 Å². The molecule has 1 aromatic carbocycles. The zero-order valence-corrected chi connectivity index (χ0v) is 14.2. The SMILES string of the molecule is Cc1nc(-c2ccc(Cl)cc2)sc1C(=O)NCCCCC(=O)O. The number of carboxylic acids is 1. The van der Waals surface area contributed by atoms with Crippen molar-refractivity contribution >= 4 is 34.8 Å². The molecule has 7 heteroatoms. The van der Waals surface area contributed by atoms with Crippen molar-refractivity contribution in [3.05, 3.63) is 39.9 Å². The summed E-state index contributed by atoms with van der Waals surface area (Å²) in [6.45, 7) is 2.26. The summed E-state index contributed by atoms with van der Waals surface area (Å²) in [5.74, 6) is -0.988. The average molecular weight is 353 g/mol. The molecule has 0 spiro atoms. The molecule has 0 atom stereocenters. The Morgan fingerprint density at radius 1 is 1.26 bits per heavy atom. The second-order valence-electron chi connectivity index (χ2n) is 5.05. The highest BCUT2D eigenvalue weighted by atomic mass is 35.5. The lowest BCUT2D eigenvalue weighted by Gasteiger charge is -2.02. The van der Waals surface area contributed by atoms with Crippen molar-refractivity contribution in [2.45, 2.75) is 26.2 Å². The fraction of sp³-hybridized carbons (Fsp3) is 0.312. The van der Waals surface area contributed by atoms with E-state index in [1.54, 1.807) is 19.1 Å². The number of thiazole rings is 1. The van der Waals surface area contributed by atoms with E-state index in [0.29, 0.717) is 35.0 Å². The lowest BCUT2D eigenvalue weighted by atomic mass is 10.2. The molecule has 0 saturated carbocycles. The zero-order valence-electron chi connectivity index (χ0n) is 12.6. The van der Waals surface area contributed by atoms with Crippen LogP contribution in [0.25, 0.3) is 10.6 Å². The number of benzene rings is 1. The fourth-order valence-electron chi connectivity index (χ4n) is 2.01. The number of nitrogens with one attached hydrogen (secondary N) is 1. The van der Waals surface area contributed by atoms with E-state index in [9.17, 15) is 9.59 Å². The van der Waals surface area contributed by atoms with E-state index < -0.39 is 5.97 Å². The van der Waals surface area contributed by atoms with Crippen LogP contribution in [0.3, 0.4) is 0 Å². The van der Waals surface area contributed by atoms with Crippen LogP contribution in [0, 0.1) is 6.92 Å². The summed E-state index contributed by atoms with van der Waals surface area (Å²) in [7, 11) is 0. The van der Waals surface area contributed by atoms with Gasteiger partial charge < -0.3 is 10.4 Å². The topological polar surface area (TPSA) is 79.3 Å². The number of aryl methyl sites for hydroxylation is 1. The largest absolute Gasteiger partial charge is 0.481 e. The Bertz CT molecular complexity index is 698. The van der Waals surface area contributed by atoms with Crippen molar-refractivity contribution in [2.75, 3.05) is 6.54 Å². The zero-order chi connectivity index (χ0) is 16.8. The Hall–Kier alpha value is -1.92. The summed E-state index contributed by atoms with van der Waals surface area (Å²) in [6.07, 6.45) is 1.31. The molecular formula is C16H17ClN2O3S. The third kappa shape index (κ3) is 5.04. The first-order valence-electron chi connectivity index (χ1n) is 7.20. The van der Waals surface area contributed by atoms with Crippen LogP contribution < -0.4 is 5.32 Å². The van der Waals surface area contributed by atoms with E-state index in [0.717, 1.165) is 10.6 Å². The normalized spacial score (nSPS) is 10.5. The molecule has 0 bridgehead atoms. The molecule has 2 N–H and O–H groups in total. The summed E-state index contributed by atoms with van der Waals surface area (Å²) in [4.78, 5) is 27.6. The number of carbonyl (C=O) groups is 2. The minimum atomic E-state index is -0.817. The number of rotatable bonds is 7. The second kappa shape index (κ2) is 8.08. The van der Waals surface area contributed by atoms with E-state index in [1.165, 1.54) is 11.3 Å². The maximum atomic E-state index is 12.2. The van der Waals surface area contributed by atoms with Gasteiger partial charge in [-0.25, -0.2) is 4.98 Å². The number of amides is 1. The van der Waals surface area contributed by atoms with Gasteiger partial charge in [0, 0.05) is 23.6 Å². The van der Waals surface area contributed by atoms with E-state index in [1.807, 2.05) is 12.1 Å². The van der Waals surface area contributed by atoms with Crippen molar-refractivity contribution in [2.24, 2.45) is 0 Å². The second-order valence-corrected chi connectivity index (χ2v) is 6.48. The first-order valence-corrected chi connectivity index (χ1v) is 8.40. The highest BCUT2D eigenvalue weighted by Crippen LogP contribution is 2.28. The monoisotopic (exact) mass is 352 g/mol. The predicted octanol–water partition coefficient (Wildman–Crippen LogP) is 3.76. The number of hydrogen-bond donors (Lipinski definition) is 2. The Balaban J connectivity index is 1.96. The Morgan fingerprint density at radius 3 is 2.61 bits per heavy atom. The van der Waals surface area contributed by atoms with Crippen molar-refractivity contribution in [3.8, 4) is 10.6 Å². The average Bonchev–Trinajstić information content (AvgIpc) is 2.89. The van der Waals surface area contributed by atoms with Crippen molar-refractivity contribution in [3.63, 3.8) is 0 Å². The van der Waals surface area contributed by atoms with Crippen LogP contribution in [0.4, 0.5) is 0 Å². The minimum Gasteiger partial charge on any atom is -0.481 e. The van der Waals surface area contributed by atoms with Gasteiger partial charge in [0.2, 0.25) is 0 Å². The molecule has 1 aromatic heterocycles. The molecule has 0 radical (unpaired) electrons. The van der Waals surface area contributed by atoms with E-state index >= 15 is 0 Å². The Labute approximate surface area is 143 Å². The van der Waals surface area contributed by atoms with Gasteiger partial charge in [-0.2, -0.15) is 0 Å². The maximum absolute atomic E-state index is 12.2. The first-order chi connectivity index (χ1) is 11.0. The molecule has 1 heterocycles. The van der Waals surface area contributed by atoms with E-state index in [4.69, 9.17) is 16.7 Å². The molecule has 23 heavy (non-hydrogen) atoms. The van der Waals surface area contributed by atoms with Gasteiger partial charge in [-0.15, -0.1) is 11.3 Å². The van der Waals surface area contributed by atoms with Crippen LogP contribution >= 0.6 is 22.9 Å². The summed E-state index contributed by atoms with van der Waals surface area (Å²) in [6, 6.07) is 7.31. The summed E-state index contributed by atoms with van der Waals surface area (Å²) in [5.41, 5.74) is 1.60. The summed E-state index contributed by atoms with van der Waals surface area (Å²) >= 11 is 7.21. The summed E-state index contributed by atoms with van der Waals surface area (Å²) in [5, 5.41) is 12.8.